The maximum atomic E-state index is 13.1. The molecule has 1 aliphatic heterocycles. The molecule has 0 unspecified atom stereocenters. The topological polar surface area (TPSA) is 48.7 Å². The van der Waals surface area contributed by atoms with Gasteiger partial charge in [-0.2, -0.15) is 0 Å². The number of furan rings is 1. The number of rotatable bonds is 5. The van der Waals surface area contributed by atoms with E-state index in [1.54, 1.807) is 0 Å². The van der Waals surface area contributed by atoms with Crippen LogP contribution in [0.15, 0.2) is 22.6 Å². The van der Waals surface area contributed by atoms with Gasteiger partial charge in [0.1, 0.15) is 5.58 Å². The first-order chi connectivity index (χ1) is 14.0. The predicted octanol–water partition coefficient (Wildman–Crippen LogP) is 4.54. The van der Waals surface area contributed by atoms with Crippen LogP contribution >= 0.6 is 12.4 Å². The first kappa shape index (κ1) is 23.1. The largest absolute Gasteiger partial charge is 0.451 e. The molecule has 0 radical (unpaired) electrons. The van der Waals surface area contributed by atoms with Crippen molar-refractivity contribution in [3.63, 3.8) is 0 Å². The fraction of sp³-hybridized carbons (Fsp3) is 0.625. The number of amides is 1. The summed E-state index contributed by atoms with van der Waals surface area (Å²) in [5.41, 5.74) is 3.02. The van der Waals surface area contributed by atoms with Crippen LogP contribution in [0.2, 0.25) is 0 Å². The molecule has 0 atom stereocenters. The molecule has 0 spiro atoms. The van der Waals surface area contributed by atoms with Gasteiger partial charge in [-0.1, -0.05) is 37.8 Å². The molecule has 0 bridgehead atoms. The third-order valence-electron chi connectivity index (χ3n) is 7.15. The van der Waals surface area contributed by atoms with Crippen molar-refractivity contribution in [3.05, 3.63) is 35.1 Å². The molecule has 2 fully saturated rings. The second kappa shape index (κ2) is 9.71. The Morgan fingerprint density at radius 1 is 1.10 bits per heavy atom. The van der Waals surface area contributed by atoms with Crippen molar-refractivity contribution in [2.75, 3.05) is 39.3 Å². The Hall–Kier alpha value is -1.56. The first-order valence-corrected chi connectivity index (χ1v) is 11.3. The molecule has 4 rings (SSSR count). The highest BCUT2D eigenvalue weighted by Gasteiger charge is 2.39. The van der Waals surface area contributed by atoms with Gasteiger partial charge in [0.2, 0.25) is 0 Å². The number of hydrogen-bond donors (Lipinski definition) is 1. The smallest absolute Gasteiger partial charge is 0.287 e. The number of halogens is 1. The Bertz CT molecular complexity index is 865. The summed E-state index contributed by atoms with van der Waals surface area (Å²) in [5, 5.41) is 4.30. The summed E-state index contributed by atoms with van der Waals surface area (Å²) in [6.07, 6.45) is 6.18. The lowest BCUT2D eigenvalue weighted by molar-refractivity contribution is 0.00907. The van der Waals surface area contributed by atoms with Crippen molar-refractivity contribution < 1.29 is 9.21 Å². The summed E-state index contributed by atoms with van der Waals surface area (Å²) in [5.74, 6) is 0.390. The molecule has 2 aliphatic rings. The molecule has 6 heteroatoms. The molecule has 2 aromatic rings. The van der Waals surface area contributed by atoms with Crippen LogP contribution in [-0.2, 0) is 0 Å². The molecule has 30 heavy (non-hydrogen) atoms. The van der Waals surface area contributed by atoms with Crippen LogP contribution in [0.5, 0.6) is 0 Å². The zero-order chi connectivity index (χ0) is 20.4. The minimum atomic E-state index is -0.0755. The van der Waals surface area contributed by atoms with Gasteiger partial charge in [-0.25, -0.2) is 0 Å². The predicted molar refractivity (Wildman–Crippen MR) is 125 cm³/mol. The molecule has 1 saturated carbocycles. The number of fused-ring (bicyclic) bond motifs is 1. The minimum absolute atomic E-state index is 0. The van der Waals surface area contributed by atoms with Crippen LogP contribution in [0, 0.1) is 13.8 Å². The number of likely N-dealkylation sites (N-methyl/N-ethyl adjacent to an activating group) is 1. The Morgan fingerprint density at radius 2 is 1.80 bits per heavy atom. The molecule has 1 amide bonds. The van der Waals surface area contributed by atoms with E-state index < -0.39 is 0 Å². The normalized spacial score (nSPS) is 20.1. The second-order valence-corrected chi connectivity index (χ2v) is 8.94. The molecule has 2 heterocycles. The van der Waals surface area contributed by atoms with Gasteiger partial charge in [-0.05, 0) is 45.4 Å². The quantitative estimate of drug-likeness (QED) is 0.751. The lowest BCUT2D eigenvalue weighted by Crippen LogP contribution is -2.61. The summed E-state index contributed by atoms with van der Waals surface area (Å²) >= 11 is 0. The monoisotopic (exact) mass is 433 g/mol. The van der Waals surface area contributed by atoms with Crippen LogP contribution in [0.3, 0.4) is 0 Å². The van der Waals surface area contributed by atoms with Crippen LogP contribution in [0.4, 0.5) is 0 Å². The van der Waals surface area contributed by atoms with E-state index in [1.807, 2.05) is 19.1 Å². The Kier molecular flexibility index (Phi) is 7.48. The molecule has 1 saturated heterocycles. The van der Waals surface area contributed by atoms with Gasteiger partial charge in [-0.15, -0.1) is 12.4 Å². The maximum Gasteiger partial charge on any atom is 0.287 e. The van der Waals surface area contributed by atoms with Crippen LogP contribution in [0.1, 0.15) is 60.7 Å². The number of carbonyl (C=O) groups excluding carboxylic acids is 1. The lowest BCUT2D eigenvalue weighted by atomic mass is 9.79. The van der Waals surface area contributed by atoms with Crippen LogP contribution in [-0.4, -0.2) is 60.5 Å². The van der Waals surface area contributed by atoms with E-state index in [9.17, 15) is 4.79 Å². The summed E-state index contributed by atoms with van der Waals surface area (Å²) < 4.78 is 5.93. The van der Waals surface area contributed by atoms with Gasteiger partial charge >= 0.3 is 0 Å². The molecule has 5 nitrogen and oxygen atoms in total. The average molecular weight is 434 g/mol. The van der Waals surface area contributed by atoms with Crippen LogP contribution < -0.4 is 5.32 Å². The van der Waals surface area contributed by atoms with E-state index in [0.717, 1.165) is 49.3 Å². The maximum absolute atomic E-state index is 13.1. The average Bonchev–Trinajstić information content (AvgIpc) is 3.09. The molecule has 1 aliphatic carbocycles. The molecule has 1 N–H and O–H groups in total. The van der Waals surface area contributed by atoms with Crippen molar-refractivity contribution >= 4 is 29.3 Å². The third-order valence-corrected chi connectivity index (χ3v) is 7.15. The molecule has 1 aromatic carbocycles. The standard InChI is InChI=1S/C24H35N3O2.ClH/c1-4-26-12-14-27(15-13-26)24(10-6-5-7-11-24)17-25-23(28)22-19(3)20-16-18(2)8-9-21(20)29-22;/h8-9,16H,4-7,10-15,17H2,1-3H3,(H,25,28);1H. The van der Waals surface area contributed by atoms with Crippen molar-refractivity contribution in [2.24, 2.45) is 0 Å². The van der Waals surface area contributed by atoms with Crippen molar-refractivity contribution in [3.8, 4) is 0 Å². The number of benzene rings is 1. The zero-order valence-corrected chi connectivity index (χ0v) is 19.4. The lowest BCUT2D eigenvalue weighted by Gasteiger charge is -2.50. The number of piperazine rings is 1. The third kappa shape index (κ3) is 4.53. The fourth-order valence-electron chi connectivity index (χ4n) is 5.23. The zero-order valence-electron chi connectivity index (χ0n) is 18.6. The van der Waals surface area contributed by atoms with E-state index in [1.165, 1.54) is 37.7 Å². The second-order valence-electron chi connectivity index (χ2n) is 8.94. The van der Waals surface area contributed by atoms with Gasteiger partial charge in [0, 0.05) is 49.2 Å². The Labute approximate surface area is 186 Å². The van der Waals surface area contributed by atoms with Gasteiger partial charge in [0.05, 0.1) is 0 Å². The molecule has 1 aromatic heterocycles. The Morgan fingerprint density at radius 3 is 2.47 bits per heavy atom. The number of carbonyl (C=O) groups is 1. The van der Waals surface area contributed by atoms with Gasteiger partial charge < -0.3 is 14.6 Å². The molecular weight excluding hydrogens is 398 g/mol. The van der Waals surface area contributed by atoms with E-state index in [2.05, 4.69) is 35.0 Å². The summed E-state index contributed by atoms with van der Waals surface area (Å²) in [6, 6.07) is 6.09. The van der Waals surface area contributed by atoms with Gasteiger partial charge in [0.15, 0.2) is 5.76 Å². The van der Waals surface area contributed by atoms with Gasteiger partial charge in [0.25, 0.3) is 5.91 Å². The van der Waals surface area contributed by atoms with Gasteiger partial charge in [-0.3, -0.25) is 9.69 Å². The summed E-state index contributed by atoms with van der Waals surface area (Å²) in [7, 11) is 0. The highest BCUT2D eigenvalue weighted by atomic mass is 35.5. The molecule has 166 valence electrons. The molecular formula is C24H36ClN3O2. The SMILES string of the molecule is CCN1CCN(C2(CNC(=O)c3oc4ccc(C)cc4c3C)CCCCC2)CC1.Cl. The van der Waals surface area contributed by atoms with E-state index in [-0.39, 0.29) is 23.9 Å². The minimum Gasteiger partial charge on any atom is -0.451 e. The Balaban J connectivity index is 0.00000256. The van der Waals surface area contributed by atoms with Crippen molar-refractivity contribution in [2.45, 2.75) is 58.4 Å². The number of hydrogen-bond acceptors (Lipinski definition) is 4. The number of aryl methyl sites for hydroxylation is 2. The highest BCUT2D eigenvalue weighted by molar-refractivity contribution is 5.99. The van der Waals surface area contributed by atoms with E-state index in [0.29, 0.717) is 12.3 Å². The van der Waals surface area contributed by atoms with Crippen molar-refractivity contribution in [1.29, 1.82) is 0 Å². The van der Waals surface area contributed by atoms with Crippen LogP contribution in [0.25, 0.3) is 11.0 Å². The number of nitrogens with zero attached hydrogens (tertiary/aromatic N) is 2. The first-order valence-electron chi connectivity index (χ1n) is 11.3. The van der Waals surface area contributed by atoms with E-state index in [4.69, 9.17) is 4.42 Å². The summed E-state index contributed by atoms with van der Waals surface area (Å²) in [6.45, 7) is 12.6. The fourth-order valence-corrected chi connectivity index (χ4v) is 5.23. The van der Waals surface area contributed by atoms with E-state index >= 15 is 0 Å². The summed E-state index contributed by atoms with van der Waals surface area (Å²) in [4.78, 5) is 18.2. The highest BCUT2D eigenvalue weighted by Crippen LogP contribution is 2.34. The number of nitrogens with one attached hydrogen (secondary N) is 1. The van der Waals surface area contributed by atoms with Crippen molar-refractivity contribution in [1.82, 2.24) is 15.1 Å².